The van der Waals surface area contributed by atoms with E-state index in [0.29, 0.717) is 17.0 Å². The second kappa shape index (κ2) is 6.04. The van der Waals surface area contributed by atoms with E-state index in [0.717, 1.165) is 5.56 Å². The van der Waals surface area contributed by atoms with Crippen molar-refractivity contribution in [3.63, 3.8) is 0 Å². The molecule has 4 heteroatoms. The van der Waals surface area contributed by atoms with Crippen LogP contribution >= 0.6 is 11.6 Å². The van der Waals surface area contributed by atoms with Crippen LogP contribution in [0.5, 0.6) is 5.75 Å². The highest BCUT2D eigenvalue weighted by Gasteiger charge is 2.12. The van der Waals surface area contributed by atoms with Crippen LogP contribution in [0.2, 0.25) is 5.02 Å². The van der Waals surface area contributed by atoms with Crippen LogP contribution in [-0.2, 0) is 6.42 Å². The van der Waals surface area contributed by atoms with E-state index >= 15 is 0 Å². The minimum Gasteiger partial charge on any atom is -0.494 e. The molecule has 100 valence electrons. The Bertz CT molecular complexity index is 572. The quantitative estimate of drug-likeness (QED) is 0.924. The Morgan fingerprint density at radius 1 is 1.26 bits per heavy atom. The van der Waals surface area contributed by atoms with E-state index < -0.39 is 11.9 Å². The van der Waals surface area contributed by atoms with Gasteiger partial charge in [-0.3, -0.25) is 0 Å². The minimum absolute atomic E-state index is 0.165. The molecular formula is C15H14ClFO2. The summed E-state index contributed by atoms with van der Waals surface area (Å²) >= 11 is 5.88. The van der Waals surface area contributed by atoms with Gasteiger partial charge in [-0.05, 0) is 35.4 Å². The molecule has 0 amide bonds. The highest BCUT2D eigenvalue weighted by Crippen LogP contribution is 2.24. The maximum atomic E-state index is 13.6. The van der Waals surface area contributed by atoms with Crippen LogP contribution in [0, 0.1) is 5.82 Å². The molecule has 0 heterocycles. The third-order valence-electron chi connectivity index (χ3n) is 2.88. The van der Waals surface area contributed by atoms with E-state index in [2.05, 4.69) is 0 Å². The van der Waals surface area contributed by atoms with E-state index in [9.17, 15) is 9.50 Å². The Balaban J connectivity index is 2.15. The lowest BCUT2D eigenvalue weighted by Crippen LogP contribution is -2.03. The average Bonchev–Trinajstić information content (AvgIpc) is 2.38. The number of ether oxygens (including phenoxy) is 1. The van der Waals surface area contributed by atoms with Gasteiger partial charge >= 0.3 is 0 Å². The molecule has 0 aliphatic carbocycles. The molecular weight excluding hydrogens is 267 g/mol. The molecule has 0 saturated carbocycles. The Labute approximate surface area is 116 Å². The number of methoxy groups -OCH3 is 1. The van der Waals surface area contributed by atoms with E-state index in [-0.39, 0.29) is 5.75 Å². The fraction of sp³-hybridized carbons (Fsp3) is 0.200. The number of aliphatic hydroxyl groups excluding tert-OH is 1. The number of halogens is 2. The van der Waals surface area contributed by atoms with Crippen LogP contribution in [-0.4, -0.2) is 12.2 Å². The van der Waals surface area contributed by atoms with Crippen LogP contribution in [0.3, 0.4) is 0 Å². The summed E-state index contributed by atoms with van der Waals surface area (Å²) in [6, 6.07) is 11.7. The van der Waals surface area contributed by atoms with Crippen molar-refractivity contribution in [1.29, 1.82) is 0 Å². The van der Waals surface area contributed by atoms with Gasteiger partial charge in [0.25, 0.3) is 0 Å². The second-order valence-corrected chi connectivity index (χ2v) is 4.68. The maximum Gasteiger partial charge on any atom is 0.165 e. The molecule has 1 atom stereocenters. The summed E-state index contributed by atoms with van der Waals surface area (Å²) in [5.41, 5.74) is 1.41. The van der Waals surface area contributed by atoms with Gasteiger partial charge in [-0.2, -0.15) is 0 Å². The molecule has 2 aromatic rings. The first-order valence-corrected chi connectivity index (χ1v) is 6.24. The summed E-state index contributed by atoms with van der Waals surface area (Å²) in [5.74, 6) is -0.316. The molecule has 1 unspecified atom stereocenters. The van der Waals surface area contributed by atoms with Gasteiger partial charge in [0.2, 0.25) is 0 Å². The molecule has 19 heavy (non-hydrogen) atoms. The maximum absolute atomic E-state index is 13.6. The lowest BCUT2D eigenvalue weighted by atomic mass is 10.0. The van der Waals surface area contributed by atoms with Crippen molar-refractivity contribution in [2.75, 3.05) is 7.11 Å². The Morgan fingerprint density at radius 3 is 2.68 bits per heavy atom. The Kier molecular flexibility index (Phi) is 4.40. The topological polar surface area (TPSA) is 29.5 Å². The summed E-state index contributed by atoms with van der Waals surface area (Å²) in [4.78, 5) is 0. The van der Waals surface area contributed by atoms with Gasteiger partial charge < -0.3 is 9.84 Å². The second-order valence-electron chi connectivity index (χ2n) is 4.24. The summed E-state index contributed by atoms with van der Waals surface area (Å²) in [5, 5.41) is 10.7. The van der Waals surface area contributed by atoms with Gasteiger partial charge in [0.15, 0.2) is 11.6 Å². The van der Waals surface area contributed by atoms with Gasteiger partial charge in [0.05, 0.1) is 13.2 Å². The van der Waals surface area contributed by atoms with Crippen molar-refractivity contribution in [3.05, 3.63) is 64.4 Å². The first-order chi connectivity index (χ1) is 9.10. The Morgan fingerprint density at radius 2 is 2.05 bits per heavy atom. The molecule has 0 aliphatic rings. The number of rotatable bonds is 4. The summed E-state index contributed by atoms with van der Waals surface area (Å²) in [7, 11) is 1.40. The predicted molar refractivity (Wildman–Crippen MR) is 73.1 cm³/mol. The van der Waals surface area contributed by atoms with E-state index in [4.69, 9.17) is 16.3 Å². The molecule has 1 N–H and O–H groups in total. The van der Waals surface area contributed by atoms with Crippen LogP contribution in [0.1, 0.15) is 17.2 Å². The van der Waals surface area contributed by atoms with Crippen LogP contribution in [0.15, 0.2) is 42.5 Å². The zero-order chi connectivity index (χ0) is 13.8. The molecule has 0 fully saturated rings. The Hall–Kier alpha value is -1.58. The molecule has 0 aliphatic heterocycles. The third-order valence-corrected chi connectivity index (χ3v) is 3.11. The van der Waals surface area contributed by atoms with Gasteiger partial charge in [0, 0.05) is 11.4 Å². The van der Waals surface area contributed by atoms with Crippen LogP contribution < -0.4 is 4.74 Å². The molecule has 0 radical (unpaired) electrons. The fourth-order valence-electron chi connectivity index (χ4n) is 1.89. The summed E-state index contributed by atoms with van der Waals surface area (Å²) in [6.07, 6.45) is -0.398. The van der Waals surface area contributed by atoms with Crippen LogP contribution in [0.25, 0.3) is 0 Å². The molecule has 0 saturated heterocycles. The lowest BCUT2D eigenvalue weighted by Gasteiger charge is -2.12. The minimum atomic E-state index is -0.779. The molecule has 2 rings (SSSR count). The predicted octanol–water partition coefficient (Wildman–Crippen LogP) is 3.76. The fourth-order valence-corrected chi connectivity index (χ4v) is 2.11. The molecule has 2 nitrogen and oxygen atoms in total. The SMILES string of the molecule is COc1ccc(C(O)Cc2cccc(Cl)c2)cc1F. The zero-order valence-electron chi connectivity index (χ0n) is 10.4. The van der Waals surface area contributed by atoms with Crippen molar-refractivity contribution in [2.45, 2.75) is 12.5 Å². The van der Waals surface area contributed by atoms with Crippen molar-refractivity contribution >= 4 is 11.6 Å². The first kappa shape index (κ1) is 13.8. The number of hydrogen-bond acceptors (Lipinski definition) is 2. The van der Waals surface area contributed by atoms with E-state index in [1.54, 1.807) is 18.2 Å². The van der Waals surface area contributed by atoms with Gasteiger partial charge in [-0.1, -0.05) is 29.8 Å². The van der Waals surface area contributed by atoms with Crippen LogP contribution in [0.4, 0.5) is 4.39 Å². The standard InChI is InChI=1S/C15H14ClFO2/c1-19-15-6-5-11(9-13(15)17)14(18)8-10-3-2-4-12(16)7-10/h2-7,9,14,18H,8H2,1H3. The third kappa shape index (κ3) is 3.46. The van der Waals surface area contributed by atoms with Crippen molar-refractivity contribution in [1.82, 2.24) is 0 Å². The number of hydrogen-bond donors (Lipinski definition) is 1. The highest BCUT2D eigenvalue weighted by molar-refractivity contribution is 6.30. The van der Waals surface area contributed by atoms with Gasteiger partial charge in [-0.15, -0.1) is 0 Å². The number of aliphatic hydroxyl groups is 1. The van der Waals surface area contributed by atoms with E-state index in [1.807, 2.05) is 12.1 Å². The lowest BCUT2D eigenvalue weighted by molar-refractivity contribution is 0.178. The first-order valence-electron chi connectivity index (χ1n) is 5.86. The molecule has 0 bridgehead atoms. The highest BCUT2D eigenvalue weighted by atomic mass is 35.5. The molecule has 2 aromatic carbocycles. The zero-order valence-corrected chi connectivity index (χ0v) is 11.2. The largest absolute Gasteiger partial charge is 0.494 e. The molecule has 0 aromatic heterocycles. The summed E-state index contributed by atoms with van der Waals surface area (Å²) in [6.45, 7) is 0. The molecule has 0 spiro atoms. The van der Waals surface area contributed by atoms with Crippen molar-refractivity contribution in [2.24, 2.45) is 0 Å². The monoisotopic (exact) mass is 280 g/mol. The smallest absolute Gasteiger partial charge is 0.165 e. The van der Waals surface area contributed by atoms with E-state index in [1.165, 1.54) is 19.2 Å². The van der Waals surface area contributed by atoms with Gasteiger partial charge in [0.1, 0.15) is 0 Å². The van der Waals surface area contributed by atoms with Gasteiger partial charge in [-0.25, -0.2) is 4.39 Å². The van der Waals surface area contributed by atoms with Crippen molar-refractivity contribution < 1.29 is 14.2 Å². The number of benzene rings is 2. The normalized spacial score (nSPS) is 12.2. The summed E-state index contributed by atoms with van der Waals surface area (Å²) < 4.78 is 18.4. The van der Waals surface area contributed by atoms with Crippen molar-refractivity contribution in [3.8, 4) is 5.75 Å². The average molecular weight is 281 g/mol.